The molecule has 0 aliphatic carbocycles. The summed E-state index contributed by atoms with van der Waals surface area (Å²) < 4.78 is 5.43. The molecule has 1 heterocycles. The van der Waals surface area contributed by atoms with Crippen molar-refractivity contribution < 1.29 is 9.21 Å². The first-order valence-electron chi connectivity index (χ1n) is 5.91. The van der Waals surface area contributed by atoms with Crippen LogP contribution in [-0.2, 0) is 0 Å². The van der Waals surface area contributed by atoms with Gasteiger partial charge in [0.2, 0.25) is 0 Å². The summed E-state index contributed by atoms with van der Waals surface area (Å²) >= 11 is 0. The number of benzene rings is 1. The topological polar surface area (TPSA) is 66.0 Å². The molecule has 19 heavy (non-hydrogen) atoms. The van der Waals surface area contributed by atoms with E-state index in [1.807, 2.05) is 19.9 Å². The Hall–Kier alpha value is -2.54. The maximum absolute atomic E-state index is 12.3. The molecule has 0 atom stereocenters. The van der Waals surface area contributed by atoms with Gasteiger partial charge in [0.05, 0.1) is 16.8 Å². The maximum Gasteiger partial charge on any atom is 0.259 e. The third kappa shape index (κ3) is 2.36. The lowest BCUT2D eigenvalue weighted by atomic mass is 10.1. The van der Waals surface area contributed by atoms with Gasteiger partial charge in [0, 0.05) is 5.56 Å². The van der Waals surface area contributed by atoms with Crippen LogP contribution in [0.1, 0.15) is 33.0 Å². The van der Waals surface area contributed by atoms with Crippen LogP contribution in [0, 0.1) is 32.1 Å². The largest absolute Gasteiger partial charge is 0.466 e. The smallest absolute Gasteiger partial charge is 0.259 e. The average Bonchev–Trinajstić information content (AvgIpc) is 2.64. The van der Waals surface area contributed by atoms with E-state index in [2.05, 4.69) is 5.32 Å². The van der Waals surface area contributed by atoms with Crippen LogP contribution in [0.4, 0.5) is 5.69 Å². The van der Waals surface area contributed by atoms with Crippen LogP contribution in [-0.4, -0.2) is 5.91 Å². The van der Waals surface area contributed by atoms with Crippen molar-refractivity contribution in [1.82, 2.24) is 0 Å². The molecular weight excluding hydrogens is 240 g/mol. The Morgan fingerprint density at radius 1 is 1.21 bits per heavy atom. The van der Waals surface area contributed by atoms with Gasteiger partial charge in [-0.05, 0) is 32.9 Å². The fourth-order valence-corrected chi connectivity index (χ4v) is 2.00. The summed E-state index contributed by atoms with van der Waals surface area (Å²) in [4.78, 5) is 12.3. The van der Waals surface area contributed by atoms with Gasteiger partial charge >= 0.3 is 0 Å². The monoisotopic (exact) mass is 254 g/mol. The summed E-state index contributed by atoms with van der Waals surface area (Å²) in [5.41, 5.74) is 2.30. The number of carbonyl (C=O) groups excluding carboxylic acids is 1. The van der Waals surface area contributed by atoms with Gasteiger partial charge < -0.3 is 9.73 Å². The number of anilines is 1. The number of rotatable bonds is 2. The number of furan rings is 1. The minimum Gasteiger partial charge on any atom is -0.466 e. The molecular formula is C15H14N2O2. The lowest BCUT2D eigenvalue weighted by Gasteiger charge is -2.06. The van der Waals surface area contributed by atoms with Crippen molar-refractivity contribution >= 4 is 11.6 Å². The van der Waals surface area contributed by atoms with Crippen LogP contribution in [0.15, 0.2) is 28.7 Å². The average molecular weight is 254 g/mol. The lowest BCUT2D eigenvalue weighted by Crippen LogP contribution is -2.14. The van der Waals surface area contributed by atoms with Crippen molar-refractivity contribution in [2.45, 2.75) is 20.8 Å². The number of nitrogens with one attached hydrogen (secondary N) is 1. The van der Waals surface area contributed by atoms with E-state index in [-0.39, 0.29) is 5.91 Å². The minimum absolute atomic E-state index is 0.255. The van der Waals surface area contributed by atoms with Crippen molar-refractivity contribution in [3.63, 3.8) is 0 Å². The second kappa shape index (κ2) is 4.99. The standard InChI is InChI=1S/C15H14N2O2/c1-9-10(2)19-11(3)14(9)15(18)17-13-7-5-4-6-12(13)8-16/h4-7H,1-3H3,(H,17,18). The molecule has 1 aromatic carbocycles. The fraction of sp³-hybridized carbons (Fsp3) is 0.200. The second-order valence-corrected chi connectivity index (χ2v) is 4.33. The Morgan fingerprint density at radius 2 is 1.89 bits per heavy atom. The molecule has 1 N–H and O–H groups in total. The van der Waals surface area contributed by atoms with Gasteiger partial charge in [0.15, 0.2) is 0 Å². The number of carbonyl (C=O) groups is 1. The molecule has 96 valence electrons. The number of hydrogen-bond donors (Lipinski definition) is 1. The van der Waals surface area contributed by atoms with E-state index >= 15 is 0 Å². The van der Waals surface area contributed by atoms with E-state index in [0.717, 1.165) is 11.3 Å². The van der Waals surface area contributed by atoms with E-state index in [1.54, 1.807) is 31.2 Å². The zero-order valence-corrected chi connectivity index (χ0v) is 11.1. The number of aryl methyl sites for hydroxylation is 2. The zero-order chi connectivity index (χ0) is 14.0. The molecule has 0 bridgehead atoms. The Morgan fingerprint density at radius 3 is 2.47 bits per heavy atom. The van der Waals surface area contributed by atoms with Crippen molar-refractivity contribution in [1.29, 1.82) is 5.26 Å². The van der Waals surface area contributed by atoms with Crippen LogP contribution in [0.5, 0.6) is 0 Å². The number of nitrogens with zero attached hydrogens (tertiary/aromatic N) is 1. The molecule has 0 saturated carbocycles. The van der Waals surface area contributed by atoms with Crippen LogP contribution >= 0.6 is 0 Å². The highest BCUT2D eigenvalue weighted by Crippen LogP contribution is 2.22. The Balaban J connectivity index is 2.34. The molecule has 2 aromatic rings. The Kier molecular flexibility index (Phi) is 3.39. The summed E-state index contributed by atoms with van der Waals surface area (Å²) in [7, 11) is 0. The molecule has 2 rings (SSSR count). The second-order valence-electron chi connectivity index (χ2n) is 4.33. The SMILES string of the molecule is Cc1oc(C)c(C(=O)Nc2ccccc2C#N)c1C. The highest BCUT2D eigenvalue weighted by molar-refractivity contribution is 6.06. The molecule has 4 nitrogen and oxygen atoms in total. The molecule has 4 heteroatoms. The Bertz CT molecular complexity index is 678. The third-order valence-electron chi connectivity index (χ3n) is 3.08. The van der Waals surface area contributed by atoms with Crippen molar-refractivity contribution in [3.8, 4) is 6.07 Å². The first kappa shape index (κ1) is 12.9. The summed E-state index contributed by atoms with van der Waals surface area (Å²) in [6.07, 6.45) is 0. The van der Waals surface area contributed by atoms with Crippen LogP contribution in [0.25, 0.3) is 0 Å². The van der Waals surface area contributed by atoms with E-state index in [0.29, 0.717) is 22.6 Å². The number of amides is 1. The normalized spacial score (nSPS) is 10.0. The molecule has 0 radical (unpaired) electrons. The van der Waals surface area contributed by atoms with Crippen LogP contribution < -0.4 is 5.32 Å². The molecule has 1 amide bonds. The predicted molar refractivity (Wildman–Crippen MR) is 72.0 cm³/mol. The van der Waals surface area contributed by atoms with Gasteiger partial charge in [-0.2, -0.15) is 5.26 Å². The zero-order valence-electron chi connectivity index (χ0n) is 11.1. The van der Waals surface area contributed by atoms with Crippen LogP contribution in [0.2, 0.25) is 0 Å². The lowest BCUT2D eigenvalue weighted by molar-refractivity contribution is 0.102. The molecule has 0 unspecified atom stereocenters. The van der Waals surface area contributed by atoms with Gasteiger partial charge in [-0.25, -0.2) is 0 Å². The van der Waals surface area contributed by atoms with Crippen molar-refractivity contribution in [2.24, 2.45) is 0 Å². The maximum atomic E-state index is 12.3. The molecule has 0 aliphatic rings. The summed E-state index contributed by atoms with van der Waals surface area (Å²) in [6, 6.07) is 8.94. The third-order valence-corrected chi connectivity index (χ3v) is 3.08. The molecule has 1 aromatic heterocycles. The number of hydrogen-bond acceptors (Lipinski definition) is 3. The van der Waals surface area contributed by atoms with Gasteiger partial charge in [0.1, 0.15) is 17.6 Å². The van der Waals surface area contributed by atoms with Crippen molar-refractivity contribution in [2.75, 3.05) is 5.32 Å². The van der Waals surface area contributed by atoms with Crippen LogP contribution in [0.3, 0.4) is 0 Å². The van der Waals surface area contributed by atoms with Crippen molar-refractivity contribution in [3.05, 3.63) is 52.5 Å². The first-order chi connectivity index (χ1) is 9.04. The molecule has 0 aliphatic heterocycles. The summed E-state index contributed by atoms with van der Waals surface area (Å²) in [5, 5.41) is 11.7. The molecule has 0 fully saturated rings. The summed E-state index contributed by atoms with van der Waals surface area (Å²) in [6.45, 7) is 5.42. The first-order valence-corrected chi connectivity index (χ1v) is 5.91. The highest BCUT2D eigenvalue weighted by Gasteiger charge is 2.19. The van der Waals surface area contributed by atoms with Gasteiger partial charge in [-0.1, -0.05) is 12.1 Å². The Labute approximate surface area is 111 Å². The number of nitriles is 1. The quantitative estimate of drug-likeness (QED) is 0.893. The van der Waals surface area contributed by atoms with Gasteiger partial charge in [0.25, 0.3) is 5.91 Å². The van der Waals surface area contributed by atoms with Gasteiger partial charge in [-0.15, -0.1) is 0 Å². The van der Waals surface area contributed by atoms with Gasteiger partial charge in [-0.3, -0.25) is 4.79 Å². The number of para-hydroxylation sites is 1. The minimum atomic E-state index is -0.255. The highest BCUT2D eigenvalue weighted by atomic mass is 16.3. The predicted octanol–water partition coefficient (Wildman–Crippen LogP) is 3.33. The fourth-order valence-electron chi connectivity index (χ4n) is 2.00. The summed E-state index contributed by atoms with van der Waals surface area (Å²) in [5.74, 6) is 1.06. The van der Waals surface area contributed by atoms with E-state index in [1.165, 1.54) is 0 Å². The van der Waals surface area contributed by atoms with E-state index < -0.39 is 0 Å². The molecule has 0 saturated heterocycles. The van der Waals surface area contributed by atoms with E-state index in [9.17, 15) is 4.79 Å². The van der Waals surface area contributed by atoms with E-state index in [4.69, 9.17) is 9.68 Å². The molecule has 0 spiro atoms.